The standard InChI is InChI=1S/C21H23N3O5S/c1-28-17-9-7-16(8-10-17)19-15-20(29-22-19)21(25)23-11-13-24(14-12-23)30(26,27)18-5-3-2-4-6-18/h2-10,20H,11-15H2,1H3/t20-/m0/s1. The average Bonchev–Trinajstić information content (AvgIpc) is 3.29. The van der Waals surface area contributed by atoms with Crippen LogP contribution in [0.15, 0.2) is 64.6 Å². The van der Waals surface area contributed by atoms with E-state index >= 15 is 0 Å². The second kappa shape index (κ2) is 8.45. The van der Waals surface area contributed by atoms with Crippen molar-refractivity contribution < 1.29 is 22.8 Å². The molecule has 0 aliphatic carbocycles. The zero-order valence-electron chi connectivity index (χ0n) is 16.6. The van der Waals surface area contributed by atoms with Gasteiger partial charge in [-0.25, -0.2) is 8.42 Å². The summed E-state index contributed by atoms with van der Waals surface area (Å²) in [7, 11) is -1.95. The zero-order valence-corrected chi connectivity index (χ0v) is 17.4. The molecule has 0 aromatic heterocycles. The molecule has 0 N–H and O–H groups in total. The van der Waals surface area contributed by atoms with Crippen LogP contribution in [0.2, 0.25) is 0 Å². The molecular weight excluding hydrogens is 406 g/mol. The molecule has 8 nitrogen and oxygen atoms in total. The number of carbonyl (C=O) groups excluding carboxylic acids is 1. The molecule has 1 saturated heterocycles. The van der Waals surface area contributed by atoms with E-state index < -0.39 is 16.1 Å². The maximum Gasteiger partial charge on any atom is 0.266 e. The molecule has 2 aliphatic rings. The van der Waals surface area contributed by atoms with E-state index in [2.05, 4.69) is 5.16 Å². The minimum Gasteiger partial charge on any atom is -0.497 e. The predicted octanol–water partition coefficient (Wildman–Crippen LogP) is 1.72. The first kappa shape index (κ1) is 20.4. The summed E-state index contributed by atoms with van der Waals surface area (Å²) < 4.78 is 32.0. The molecule has 1 fully saturated rings. The van der Waals surface area contributed by atoms with Gasteiger partial charge in [0, 0.05) is 32.6 Å². The fraction of sp³-hybridized carbons (Fsp3) is 0.333. The van der Waals surface area contributed by atoms with Crippen molar-refractivity contribution in [2.24, 2.45) is 5.16 Å². The number of methoxy groups -OCH3 is 1. The van der Waals surface area contributed by atoms with Gasteiger partial charge in [0.25, 0.3) is 5.91 Å². The highest BCUT2D eigenvalue weighted by atomic mass is 32.2. The number of carbonyl (C=O) groups is 1. The summed E-state index contributed by atoms with van der Waals surface area (Å²) >= 11 is 0. The van der Waals surface area contributed by atoms with Gasteiger partial charge >= 0.3 is 0 Å². The molecule has 4 rings (SSSR count). The summed E-state index contributed by atoms with van der Waals surface area (Å²) in [5, 5.41) is 4.07. The summed E-state index contributed by atoms with van der Waals surface area (Å²) in [4.78, 5) is 20.1. The second-order valence-corrected chi connectivity index (χ2v) is 9.05. The van der Waals surface area contributed by atoms with E-state index in [1.165, 1.54) is 4.31 Å². The molecule has 0 spiro atoms. The number of benzene rings is 2. The molecule has 0 bridgehead atoms. The van der Waals surface area contributed by atoms with Gasteiger partial charge in [0.2, 0.25) is 16.1 Å². The molecule has 2 aliphatic heterocycles. The van der Waals surface area contributed by atoms with Crippen LogP contribution < -0.4 is 4.74 Å². The van der Waals surface area contributed by atoms with Crippen LogP contribution in [0.3, 0.4) is 0 Å². The number of ether oxygens (including phenoxy) is 1. The molecule has 158 valence electrons. The second-order valence-electron chi connectivity index (χ2n) is 7.11. The lowest BCUT2D eigenvalue weighted by Gasteiger charge is -2.34. The number of oxime groups is 1. The van der Waals surface area contributed by atoms with Crippen LogP contribution in [0, 0.1) is 0 Å². The third kappa shape index (κ3) is 4.03. The van der Waals surface area contributed by atoms with E-state index in [-0.39, 0.29) is 23.9 Å². The van der Waals surface area contributed by atoms with Gasteiger partial charge in [0.15, 0.2) is 0 Å². The summed E-state index contributed by atoms with van der Waals surface area (Å²) in [6, 6.07) is 15.8. The molecule has 30 heavy (non-hydrogen) atoms. The molecule has 0 saturated carbocycles. The Morgan fingerprint density at radius 2 is 1.70 bits per heavy atom. The summed E-state index contributed by atoms with van der Waals surface area (Å²) in [5.41, 5.74) is 1.59. The van der Waals surface area contributed by atoms with Crippen molar-refractivity contribution in [1.29, 1.82) is 0 Å². The van der Waals surface area contributed by atoms with E-state index in [1.54, 1.807) is 42.3 Å². The monoisotopic (exact) mass is 429 g/mol. The first-order chi connectivity index (χ1) is 14.5. The fourth-order valence-electron chi connectivity index (χ4n) is 3.56. The van der Waals surface area contributed by atoms with Crippen molar-refractivity contribution in [2.45, 2.75) is 17.4 Å². The maximum atomic E-state index is 12.8. The van der Waals surface area contributed by atoms with E-state index in [9.17, 15) is 13.2 Å². The molecule has 2 heterocycles. The van der Waals surface area contributed by atoms with Gasteiger partial charge in [-0.3, -0.25) is 4.79 Å². The van der Waals surface area contributed by atoms with Gasteiger partial charge in [-0.15, -0.1) is 0 Å². The van der Waals surface area contributed by atoms with Crippen molar-refractivity contribution in [3.8, 4) is 5.75 Å². The third-order valence-electron chi connectivity index (χ3n) is 5.30. The summed E-state index contributed by atoms with van der Waals surface area (Å²) in [6.07, 6.45) is -0.298. The smallest absolute Gasteiger partial charge is 0.266 e. The lowest BCUT2D eigenvalue weighted by Crippen LogP contribution is -2.52. The van der Waals surface area contributed by atoms with Crippen LogP contribution in [0.1, 0.15) is 12.0 Å². The van der Waals surface area contributed by atoms with Crippen molar-refractivity contribution in [1.82, 2.24) is 9.21 Å². The first-order valence-electron chi connectivity index (χ1n) is 9.70. The van der Waals surface area contributed by atoms with Gasteiger partial charge in [0.05, 0.1) is 17.7 Å². The van der Waals surface area contributed by atoms with Gasteiger partial charge in [0.1, 0.15) is 5.75 Å². The Hall–Kier alpha value is -2.91. The Bertz CT molecular complexity index is 1030. The molecule has 2 aromatic carbocycles. The maximum absolute atomic E-state index is 12.8. The van der Waals surface area contributed by atoms with Crippen molar-refractivity contribution in [3.63, 3.8) is 0 Å². The Morgan fingerprint density at radius 3 is 2.33 bits per heavy atom. The minimum atomic E-state index is -3.55. The van der Waals surface area contributed by atoms with Gasteiger partial charge in [-0.2, -0.15) is 4.31 Å². The van der Waals surface area contributed by atoms with E-state index in [1.807, 2.05) is 24.3 Å². The van der Waals surface area contributed by atoms with Crippen LogP contribution >= 0.6 is 0 Å². The Morgan fingerprint density at radius 1 is 1.03 bits per heavy atom. The molecule has 2 aromatic rings. The van der Waals surface area contributed by atoms with Gasteiger partial charge < -0.3 is 14.5 Å². The molecule has 0 unspecified atom stereocenters. The van der Waals surface area contributed by atoms with Crippen molar-refractivity contribution in [3.05, 3.63) is 60.2 Å². The Kier molecular flexibility index (Phi) is 5.74. The van der Waals surface area contributed by atoms with E-state index in [0.717, 1.165) is 11.3 Å². The fourth-order valence-corrected chi connectivity index (χ4v) is 5.00. The van der Waals surface area contributed by atoms with Crippen LogP contribution in [0.5, 0.6) is 5.75 Å². The number of hydrogen-bond donors (Lipinski definition) is 0. The van der Waals surface area contributed by atoms with Crippen LogP contribution in [0.4, 0.5) is 0 Å². The van der Waals surface area contributed by atoms with Crippen molar-refractivity contribution in [2.75, 3.05) is 33.3 Å². The molecule has 1 amide bonds. The number of amides is 1. The first-order valence-corrected chi connectivity index (χ1v) is 11.1. The van der Waals surface area contributed by atoms with Gasteiger partial charge in [-0.05, 0) is 42.0 Å². The average molecular weight is 429 g/mol. The Labute approximate surface area is 175 Å². The third-order valence-corrected chi connectivity index (χ3v) is 7.21. The molecular formula is C21H23N3O5S. The number of sulfonamides is 1. The topological polar surface area (TPSA) is 88.5 Å². The van der Waals surface area contributed by atoms with Crippen LogP contribution in [-0.4, -0.2) is 68.6 Å². The number of piperazine rings is 1. The summed E-state index contributed by atoms with van der Waals surface area (Å²) in [6.45, 7) is 1.15. The number of nitrogens with zero attached hydrogens (tertiary/aromatic N) is 3. The number of rotatable bonds is 5. The minimum absolute atomic E-state index is 0.168. The quantitative estimate of drug-likeness (QED) is 0.722. The SMILES string of the molecule is COc1ccc(C2=NO[C@H](C(=O)N3CCN(S(=O)(=O)c4ccccc4)CC3)C2)cc1. The highest BCUT2D eigenvalue weighted by Crippen LogP contribution is 2.22. The largest absolute Gasteiger partial charge is 0.497 e. The molecule has 0 radical (unpaired) electrons. The predicted molar refractivity (Wildman–Crippen MR) is 111 cm³/mol. The lowest BCUT2D eigenvalue weighted by molar-refractivity contribution is -0.143. The lowest BCUT2D eigenvalue weighted by atomic mass is 10.0. The van der Waals surface area contributed by atoms with Crippen molar-refractivity contribution >= 4 is 21.6 Å². The highest BCUT2D eigenvalue weighted by Gasteiger charge is 2.36. The Balaban J connectivity index is 1.34. The zero-order chi connectivity index (χ0) is 21.1. The highest BCUT2D eigenvalue weighted by molar-refractivity contribution is 7.89. The molecule has 1 atom stereocenters. The van der Waals surface area contributed by atoms with Gasteiger partial charge in [-0.1, -0.05) is 23.4 Å². The van der Waals surface area contributed by atoms with Crippen LogP contribution in [-0.2, 0) is 19.7 Å². The van der Waals surface area contributed by atoms with E-state index in [0.29, 0.717) is 25.2 Å². The van der Waals surface area contributed by atoms with E-state index in [4.69, 9.17) is 9.57 Å². The summed E-state index contributed by atoms with van der Waals surface area (Å²) in [5.74, 6) is 0.577. The molecule has 9 heteroatoms. The number of hydrogen-bond acceptors (Lipinski definition) is 6. The normalized spacial score (nSPS) is 19.8. The van der Waals surface area contributed by atoms with Crippen LogP contribution in [0.25, 0.3) is 0 Å².